The Hall–Kier alpha value is -2.97. The Bertz CT molecular complexity index is 1320. The van der Waals surface area contributed by atoms with Crippen LogP contribution < -0.4 is 10.3 Å². The van der Waals surface area contributed by atoms with Crippen molar-refractivity contribution < 1.29 is 18.7 Å². The number of carbonyl (C=O) groups excluding carboxylic acids is 2. The van der Waals surface area contributed by atoms with Crippen LogP contribution in [0, 0.1) is 0 Å². The molecule has 0 N–H and O–H groups in total. The summed E-state index contributed by atoms with van der Waals surface area (Å²) in [4.78, 5) is 44.1. The summed E-state index contributed by atoms with van der Waals surface area (Å²) < 4.78 is 11.8. The predicted molar refractivity (Wildman–Crippen MR) is 118 cm³/mol. The molecule has 1 atom stereocenters. The second kappa shape index (κ2) is 7.03. The lowest BCUT2D eigenvalue weighted by molar-refractivity contribution is -0.125. The van der Waals surface area contributed by atoms with E-state index in [1.165, 1.54) is 9.80 Å². The van der Waals surface area contributed by atoms with Gasteiger partial charge in [0.05, 0.1) is 10.9 Å². The number of ether oxygens (including phenoxy) is 1. The Kier molecular flexibility index (Phi) is 4.53. The molecule has 3 aromatic rings. The number of hydrogen-bond donors (Lipinski definition) is 0. The van der Waals surface area contributed by atoms with Crippen molar-refractivity contribution in [1.82, 2.24) is 4.90 Å². The van der Waals surface area contributed by atoms with Gasteiger partial charge in [0.15, 0.2) is 11.0 Å². The maximum Gasteiger partial charge on any atom is 0.291 e. The van der Waals surface area contributed by atoms with Gasteiger partial charge in [-0.1, -0.05) is 34.1 Å². The number of para-hydroxylation sites is 1. The molecule has 8 heteroatoms. The summed E-state index contributed by atoms with van der Waals surface area (Å²) in [6, 6.07) is 12.3. The van der Waals surface area contributed by atoms with Crippen LogP contribution in [0.5, 0.6) is 0 Å². The molecule has 0 bridgehead atoms. The van der Waals surface area contributed by atoms with Gasteiger partial charge in [-0.05, 0) is 30.7 Å². The van der Waals surface area contributed by atoms with Crippen molar-refractivity contribution in [3.05, 3.63) is 74.0 Å². The first-order valence-corrected chi connectivity index (χ1v) is 10.7. The molecule has 0 saturated carbocycles. The van der Waals surface area contributed by atoms with Crippen molar-refractivity contribution in [3.63, 3.8) is 0 Å². The van der Waals surface area contributed by atoms with Gasteiger partial charge in [-0.15, -0.1) is 0 Å². The first-order valence-electron chi connectivity index (χ1n) is 9.88. The van der Waals surface area contributed by atoms with Crippen molar-refractivity contribution in [2.24, 2.45) is 0 Å². The summed E-state index contributed by atoms with van der Waals surface area (Å²) in [6.45, 7) is 0.655. The molecule has 0 fully saturated rings. The van der Waals surface area contributed by atoms with E-state index in [1.807, 2.05) is 18.2 Å². The van der Waals surface area contributed by atoms with E-state index in [4.69, 9.17) is 9.15 Å². The van der Waals surface area contributed by atoms with Crippen LogP contribution in [0.25, 0.3) is 11.0 Å². The topological polar surface area (TPSA) is 80.1 Å². The maximum absolute atomic E-state index is 13.8. The van der Waals surface area contributed by atoms with Crippen molar-refractivity contribution >= 4 is 44.4 Å². The molecule has 1 spiro atoms. The van der Waals surface area contributed by atoms with E-state index in [0.717, 1.165) is 0 Å². The smallest absolute Gasteiger partial charge is 0.291 e. The fourth-order valence-electron chi connectivity index (χ4n) is 4.73. The number of rotatable bonds is 4. The molecule has 0 radical (unpaired) electrons. The lowest BCUT2D eigenvalue weighted by atomic mass is 9.84. The molecule has 2 aliphatic rings. The third kappa shape index (κ3) is 2.52. The lowest BCUT2D eigenvalue weighted by Crippen LogP contribution is -2.53. The molecule has 0 saturated heterocycles. The summed E-state index contributed by atoms with van der Waals surface area (Å²) in [5, 5.41) is 0.318. The third-order valence-corrected chi connectivity index (χ3v) is 6.55. The van der Waals surface area contributed by atoms with Gasteiger partial charge >= 0.3 is 0 Å². The highest BCUT2D eigenvalue weighted by molar-refractivity contribution is 9.10. The van der Waals surface area contributed by atoms with Crippen LogP contribution in [0.4, 0.5) is 5.69 Å². The molecule has 2 aliphatic heterocycles. The van der Waals surface area contributed by atoms with Gasteiger partial charge in [-0.2, -0.15) is 0 Å². The van der Waals surface area contributed by atoms with Crippen molar-refractivity contribution in [2.45, 2.75) is 12.0 Å². The van der Waals surface area contributed by atoms with Gasteiger partial charge in [0.2, 0.25) is 5.76 Å². The highest BCUT2D eigenvalue weighted by Crippen LogP contribution is 2.52. The molecule has 1 unspecified atom stereocenters. The van der Waals surface area contributed by atoms with Gasteiger partial charge < -0.3 is 19.0 Å². The van der Waals surface area contributed by atoms with Gasteiger partial charge in [-0.3, -0.25) is 14.4 Å². The minimum absolute atomic E-state index is 0.0734. The summed E-state index contributed by atoms with van der Waals surface area (Å²) in [7, 11) is 3.24. The predicted octanol–water partition coefficient (Wildman–Crippen LogP) is 3.27. The number of methoxy groups -OCH3 is 1. The molecule has 3 heterocycles. The number of amides is 2. The van der Waals surface area contributed by atoms with Crippen LogP contribution in [0.2, 0.25) is 0 Å². The third-order valence-electron chi connectivity index (χ3n) is 6.06. The average Bonchev–Trinajstić information content (AvgIpc) is 3.15. The minimum Gasteiger partial charge on any atom is -0.450 e. The normalized spacial score (nSPS) is 19.6. The zero-order chi connectivity index (χ0) is 21.9. The van der Waals surface area contributed by atoms with Crippen molar-refractivity contribution in [3.8, 4) is 0 Å². The first kappa shape index (κ1) is 20.0. The second-order valence-corrected chi connectivity index (χ2v) is 8.59. The Balaban J connectivity index is 1.88. The summed E-state index contributed by atoms with van der Waals surface area (Å²) in [5.74, 6) is -0.887. The largest absolute Gasteiger partial charge is 0.450 e. The van der Waals surface area contributed by atoms with E-state index in [1.54, 1.807) is 38.4 Å². The number of fused-ring (bicyclic) bond motifs is 5. The average molecular weight is 483 g/mol. The number of halogens is 1. The molecule has 158 valence electrons. The Morgan fingerprint density at radius 2 is 1.90 bits per heavy atom. The van der Waals surface area contributed by atoms with E-state index >= 15 is 0 Å². The number of hydrogen-bond acceptors (Lipinski definition) is 5. The molecule has 7 nitrogen and oxygen atoms in total. The number of nitrogens with zero attached hydrogens (tertiary/aromatic N) is 2. The monoisotopic (exact) mass is 482 g/mol. The van der Waals surface area contributed by atoms with Crippen LogP contribution in [-0.4, -0.2) is 44.0 Å². The summed E-state index contributed by atoms with van der Waals surface area (Å²) >= 11 is 3.39. The van der Waals surface area contributed by atoms with Crippen molar-refractivity contribution in [2.75, 3.05) is 32.2 Å². The van der Waals surface area contributed by atoms with Gasteiger partial charge in [0, 0.05) is 43.0 Å². The highest BCUT2D eigenvalue weighted by atomic mass is 79.9. The zero-order valence-electron chi connectivity index (χ0n) is 17.0. The maximum atomic E-state index is 13.8. The van der Waals surface area contributed by atoms with E-state index in [-0.39, 0.29) is 29.2 Å². The second-order valence-electron chi connectivity index (χ2n) is 7.67. The number of likely N-dealkylation sites (N-methyl/N-ethyl adjacent to an activating group) is 1. The fourth-order valence-corrected chi connectivity index (χ4v) is 5.10. The molecule has 2 amide bonds. The zero-order valence-corrected chi connectivity index (χ0v) is 18.6. The molecular formula is C23H19BrN2O5. The SMILES string of the molecule is COCCCN1C(=O)c2oc3ccc(Br)cc3c(=O)c2C12C(=O)N(C)c1ccccc12. The Morgan fingerprint density at radius 3 is 2.68 bits per heavy atom. The van der Waals surface area contributed by atoms with Crippen LogP contribution in [-0.2, 0) is 15.1 Å². The molecule has 5 rings (SSSR count). The Labute approximate surface area is 186 Å². The lowest BCUT2D eigenvalue weighted by Gasteiger charge is -2.33. The standard InChI is InChI=1S/C23H19BrN2O5/c1-25-16-7-4-3-6-15(16)23(22(25)29)18-19(27)14-12-13(24)8-9-17(14)31-20(18)21(28)26(23)10-5-11-30-2/h3-4,6-9,12H,5,10-11H2,1-2H3. The number of anilines is 1. The number of carbonyl (C=O) groups is 2. The van der Waals surface area contributed by atoms with E-state index in [2.05, 4.69) is 15.9 Å². The fraction of sp³-hybridized carbons (Fsp3) is 0.261. The van der Waals surface area contributed by atoms with Crippen molar-refractivity contribution in [1.29, 1.82) is 0 Å². The molecule has 2 aromatic carbocycles. The van der Waals surface area contributed by atoms with Gasteiger partial charge in [0.1, 0.15) is 5.58 Å². The molecule has 1 aromatic heterocycles. The van der Waals surface area contributed by atoms with Gasteiger partial charge in [-0.25, -0.2) is 0 Å². The summed E-state index contributed by atoms with van der Waals surface area (Å²) in [5.41, 5.74) is -0.266. The molecular weight excluding hydrogens is 464 g/mol. The van der Waals surface area contributed by atoms with Crippen LogP contribution in [0.15, 0.2) is 56.1 Å². The highest BCUT2D eigenvalue weighted by Gasteiger charge is 2.64. The first-order chi connectivity index (χ1) is 14.9. The molecule has 31 heavy (non-hydrogen) atoms. The number of benzene rings is 2. The van der Waals surface area contributed by atoms with Crippen LogP contribution >= 0.6 is 15.9 Å². The van der Waals surface area contributed by atoms with E-state index in [0.29, 0.717) is 39.7 Å². The van der Waals surface area contributed by atoms with Crippen LogP contribution in [0.1, 0.15) is 28.1 Å². The van der Waals surface area contributed by atoms with E-state index in [9.17, 15) is 14.4 Å². The molecule has 0 aliphatic carbocycles. The van der Waals surface area contributed by atoms with Crippen LogP contribution in [0.3, 0.4) is 0 Å². The quantitative estimate of drug-likeness (QED) is 0.533. The summed E-state index contributed by atoms with van der Waals surface area (Å²) in [6.07, 6.45) is 0.510. The Morgan fingerprint density at radius 1 is 1.13 bits per heavy atom. The van der Waals surface area contributed by atoms with E-state index < -0.39 is 11.4 Å². The minimum atomic E-state index is -1.55. The van der Waals surface area contributed by atoms with Gasteiger partial charge in [0.25, 0.3) is 11.8 Å².